The molecule has 0 unspecified atom stereocenters. The third-order valence-electron chi connectivity index (χ3n) is 3.37. The van der Waals surface area contributed by atoms with Gasteiger partial charge in [-0.05, 0) is 26.2 Å². The molecule has 1 aliphatic heterocycles. The zero-order valence-corrected chi connectivity index (χ0v) is 14.1. The van der Waals surface area contributed by atoms with Crippen molar-refractivity contribution in [2.45, 2.75) is 38.4 Å². The van der Waals surface area contributed by atoms with Crippen LogP contribution in [0.2, 0.25) is 0 Å². The van der Waals surface area contributed by atoms with Crippen molar-refractivity contribution in [1.82, 2.24) is 4.31 Å². The van der Waals surface area contributed by atoms with Gasteiger partial charge in [0.05, 0.1) is 23.4 Å². The molecule has 0 aromatic rings. The minimum Gasteiger partial charge on any atom is -0.465 e. The molecule has 1 fully saturated rings. The van der Waals surface area contributed by atoms with Gasteiger partial charge in [0.25, 0.3) is 0 Å². The zero-order valence-electron chi connectivity index (χ0n) is 12.4. The summed E-state index contributed by atoms with van der Waals surface area (Å²) < 4.78 is 53.8. The minimum absolute atomic E-state index is 0.0910. The van der Waals surface area contributed by atoms with Crippen molar-refractivity contribution in [2.24, 2.45) is 0 Å². The normalized spacial score (nSPS) is 19.6. The molecule has 21 heavy (non-hydrogen) atoms. The number of carbonyl (C=O) groups is 1. The van der Waals surface area contributed by atoms with E-state index >= 15 is 0 Å². The highest BCUT2D eigenvalue weighted by Crippen LogP contribution is 2.22. The van der Waals surface area contributed by atoms with Gasteiger partial charge in [0, 0.05) is 6.54 Å². The molecule has 9 heteroatoms. The van der Waals surface area contributed by atoms with E-state index in [4.69, 9.17) is 4.74 Å². The first-order valence-corrected chi connectivity index (χ1v) is 10.4. The highest BCUT2D eigenvalue weighted by atomic mass is 32.2. The lowest BCUT2D eigenvalue weighted by Crippen LogP contribution is -2.45. The van der Waals surface area contributed by atoms with Gasteiger partial charge in [0.2, 0.25) is 10.0 Å². The van der Waals surface area contributed by atoms with E-state index in [2.05, 4.69) is 0 Å². The lowest BCUT2D eigenvalue weighted by Gasteiger charge is -2.28. The van der Waals surface area contributed by atoms with Crippen molar-refractivity contribution in [3.8, 4) is 0 Å². The predicted molar refractivity (Wildman–Crippen MR) is 79.1 cm³/mol. The van der Waals surface area contributed by atoms with E-state index in [0.717, 1.165) is 4.31 Å². The zero-order chi connectivity index (χ0) is 16.1. The van der Waals surface area contributed by atoms with Crippen LogP contribution in [0.5, 0.6) is 0 Å². The Morgan fingerprint density at radius 3 is 2.29 bits per heavy atom. The van der Waals surface area contributed by atoms with Crippen LogP contribution in [-0.2, 0) is 29.4 Å². The van der Waals surface area contributed by atoms with Crippen LogP contribution in [0, 0.1) is 0 Å². The SMILES string of the molecule is CCCN(CC(=O)OCC)S(=O)(=O)C1CCS(=O)(=O)CC1. The van der Waals surface area contributed by atoms with Crippen molar-refractivity contribution in [3.05, 3.63) is 0 Å². The van der Waals surface area contributed by atoms with Gasteiger partial charge in [-0.1, -0.05) is 6.92 Å². The second-order valence-electron chi connectivity index (χ2n) is 5.03. The van der Waals surface area contributed by atoms with Gasteiger partial charge in [-0.15, -0.1) is 0 Å². The summed E-state index contributed by atoms with van der Waals surface area (Å²) in [5.74, 6) is -0.815. The van der Waals surface area contributed by atoms with Crippen molar-refractivity contribution in [2.75, 3.05) is 31.2 Å². The topological polar surface area (TPSA) is 97.8 Å². The van der Waals surface area contributed by atoms with Crippen LogP contribution in [0.1, 0.15) is 33.1 Å². The summed E-state index contributed by atoms with van der Waals surface area (Å²) in [5, 5.41) is -0.734. The maximum absolute atomic E-state index is 12.5. The average molecular weight is 341 g/mol. The van der Waals surface area contributed by atoms with Gasteiger partial charge < -0.3 is 4.74 Å². The Bertz CT molecular complexity index is 540. The number of rotatable bonds is 7. The largest absolute Gasteiger partial charge is 0.465 e. The van der Waals surface area contributed by atoms with E-state index in [0.29, 0.717) is 6.42 Å². The van der Waals surface area contributed by atoms with E-state index < -0.39 is 31.1 Å². The summed E-state index contributed by atoms with van der Waals surface area (Å²) in [6.45, 7) is 3.58. The van der Waals surface area contributed by atoms with E-state index in [1.54, 1.807) is 6.92 Å². The molecule has 1 rings (SSSR count). The molecule has 0 aliphatic carbocycles. The van der Waals surface area contributed by atoms with Crippen LogP contribution in [0.3, 0.4) is 0 Å². The van der Waals surface area contributed by atoms with Gasteiger partial charge in [-0.25, -0.2) is 16.8 Å². The molecular formula is C12H23NO6S2. The van der Waals surface area contributed by atoms with Gasteiger partial charge in [-0.2, -0.15) is 4.31 Å². The third-order valence-corrected chi connectivity index (χ3v) is 7.43. The molecule has 0 spiro atoms. The lowest BCUT2D eigenvalue weighted by molar-refractivity contribution is -0.143. The van der Waals surface area contributed by atoms with Gasteiger partial charge >= 0.3 is 5.97 Å². The monoisotopic (exact) mass is 341 g/mol. The Morgan fingerprint density at radius 1 is 1.24 bits per heavy atom. The number of hydrogen-bond donors (Lipinski definition) is 0. The Balaban J connectivity index is 2.82. The molecular weight excluding hydrogens is 318 g/mol. The molecule has 0 aromatic carbocycles. The third kappa shape index (κ3) is 5.23. The van der Waals surface area contributed by atoms with Crippen LogP contribution in [0.25, 0.3) is 0 Å². The van der Waals surface area contributed by atoms with Crippen molar-refractivity contribution in [3.63, 3.8) is 0 Å². The smallest absolute Gasteiger partial charge is 0.321 e. The summed E-state index contributed by atoms with van der Waals surface area (Å²) in [4.78, 5) is 11.5. The van der Waals surface area contributed by atoms with Crippen LogP contribution in [-0.4, -0.2) is 63.6 Å². The van der Waals surface area contributed by atoms with Crippen LogP contribution in [0.15, 0.2) is 0 Å². The van der Waals surface area contributed by atoms with Crippen LogP contribution in [0.4, 0.5) is 0 Å². The molecule has 0 radical (unpaired) electrons. The summed E-state index contributed by atoms with van der Waals surface area (Å²) >= 11 is 0. The number of carbonyl (C=O) groups excluding carboxylic acids is 1. The molecule has 0 amide bonds. The fourth-order valence-electron chi connectivity index (χ4n) is 2.27. The van der Waals surface area contributed by atoms with Crippen molar-refractivity contribution < 1.29 is 26.4 Å². The number of sulfonamides is 1. The highest BCUT2D eigenvalue weighted by molar-refractivity contribution is 7.92. The summed E-state index contributed by atoms with van der Waals surface area (Å²) in [6.07, 6.45) is 0.755. The number of sulfone groups is 1. The van der Waals surface area contributed by atoms with E-state index in [9.17, 15) is 21.6 Å². The summed E-state index contributed by atoms with van der Waals surface area (Å²) in [5.41, 5.74) is 0. The van der Waals surface area contributed by atoms with Crippen LogP contribution >= 0.6 is 0 Å². The van der Waals surface area contributed by atoms with Crippen LogP contribution < -0.4 is 0 Å². The van der Waals surface area contributed by atoms with Crippen molar-refractivity contribution in [1.29, 1.82) is 0 Å². The number of hydrogen-bond acceptors (Lipinski definition) is 6. The van der Waals surface area contributed by atoms with E-state index in [1.807, 2.05) is 6.92 Å². The maximum atomic E-state index is 12.5. The Hall–Kier alpha value is -0.670. The number of nitrogens with zero attached hydrogens (tertiary/aromatic N) is 1. The first-order chi connectivity index (χ1) is 9.73. The van der Waals surface area contributed by atoms with E-state index in [-0.39, 0.29) is 44.0 Å². The molecule has 1 heterocycles. The standard InChI is InChI=1S/C12H23NO6S2/c1-3-7-13(10-12(14)19-4-2)21(17,18)11-5-8-20(15,16)9-6-11/h11H,3-10H2,1-2H3. The molecule has 7 nitrogen and oxygen atoms in total. The predicted octanol–water partition coefficient (Wildman–Crippen LogP) is 0.169. The number of esters is 1. The van der Waals surface area contributed by atoms with E-state index in [1.165, 1.54) is 0 Å². The first-order valence-electron chi connectivity index (χ1n) is 7.08. The quantitative estimate of drug-likeness (QED) is 0.612. The number of ether oxygens (including phenoxy) is 1. The lowest BCUT2D eigenvalue weighted by atomic mass is 10.2. The fraction of sp³-hybridized carbons (Fsp3) is 0.917. The highest BCUT2D eigenvalue weighted by Gasteiger charge is 2.37. The molecule has 0 saturated carbocycles. The molecule has 0 atom stereocenters. The summed E-state index contributed by atoms with van der Waals surface area (Å²) in [7, 11) is -6.80. The molecule has 1 aliphatic rings. The molecule has 124 valence electrons. The Morgan fingerprint density at radius 2 is 1.81 bits per heavy atom. The summed E-state index contributed by atoms with van der Waals surface area (Å²) in [6, 6.07) is 0. The van der Waals surface area contributed by atoms with Crippen molar-refractivity contribution >= 4 is 25.8 Å². The maximum Gasteiger partial charge on any atom is 0.321 e. The second kappa shape index (κ2) is 7.55. The second-order valence-corrected chi connectivity index (χ2v) is 9.55. The molecule has 0 bridgehead atoms. The molecule has 0 aromatic heterocycles. The Kier molecular flexibility index (Phi) is 6.61. The molecule has 1 saturated heterocycles. The van der Waals surface area contributed by atoms with Gasteiger partial charge in [0.15, 0.2) is 0 Å². The van der Waals surface area contributed by atoms with Gasteiger partial charge in [0.1, 0.15) is 16.4 Å². The molecule has 0 N–H and O–H groups in total. The fourth-order valence-corrected chi connectivity index (χ4v) is 6.04. The average Bonchev–Trinajstić information content (AvgIpc) is 2.38. The Labute approximate surface area is 126 Å². The minimum atomic E-state index is -3.68. The first kappa shape index (κ1) is 18.4. The van der Waals surface area contributed by atoms with Gasteiger partial charge in [-0.3, -0.25) is 4.79 Å².